The van der Waals surface area contributed by atoms with Gasteiger partial charge in [-0.15, -0.1) is 6.42 Å². The Morgan fingerprint density at radius 1 is 1.25 bits per heavy atom. The van der Waals surface area contributed by atoms with Crippen LogP contribution in [0.2, 0.25) is 0 Å². The Labute approximate surface area is 141 Å². The van der Waals surface area contributed by atoms with Crippen molar-refractivity contribution in [3.8, 4) is 12.3 Å². The first-order valence-corrected chi connectivity index (χ1v) is 7.71. The predicted molar refractivity (Wildman–Crippen MR) is 84.0 cm³/mol. The molecule has 128 valence electrons. The van der Waals surface area contributed by atoms with Crippen molar-refractivity contribution in [2.24, 2.45) is 0 Å². The molecule has 6 nitrogen and oxygen atoms in total. The molecule has 0 unspecified atom stereocenters. The van der Waals surface area contributed by atoms with Crippen molar-refractivity contribution < 1.29 is 28.5 Å². The van der Waals surface area contributed by atoms with Crippen molar-refractivity contribution in [3.05, 3.63) is 35.9 Å². The molecule has 1 aromatic rings. The number of hydrogen-bond donors (Lipinski definition) is 0. The molecule has 0 spiro atoms. The second-order valence-corrected chi connectivity index (χ2v) is 6.13. The summed E-state index contributed by atoms with van der Waals surface area (Å²) in [5.41, 5.74) is 0.416. The van der Waals surface area contributed by atoms with Gasteiger partial charge < -0.3 is 23.7 Å². The van der Waals surface area contributed by atoms with Crippen molar-refractivity contribution in [2.75, 3.05) is 7.11 Å². The third-order valence-electron chi connectivity index (χ3n) is 3.99. The van der Waals surface area contributed by atoms with Crippen molar-refractivity contribution in [2.45, 2.75) is 50.3 Å². The summed E-state index contributed by atoms with van der Waals surface area (Å²) >= 11 is 0. The molecule has 6 heteroatoms. The fraction of sp³-hybridized carbons (Fsp3) is 0.500. The van der Waals surface area contributed by atoms with E-state index in [2.05, 4.69) is 5.92 Å². The van der Waals surface area contributed by atoms with Gasteiger partial charge in [-0.3, -0.25) is 0 Å². The summed E-state index contributed by atoms with van der Waals surface area (Å²) in [6, 6.07) is 8.63. The lowest BCUT2D eigenvalue weighted by molar-refractivity contribution is -0.233. The number of esters is 1. The van der Waals surface area contributed by atoms with Crippen LogP contribution < -0.4 is 0 Å². The molecule has 0 bridgehead atoms. The molecule has 0 amide bonds. The highest BCUT2D eigenvalue weighted by atomic mass is 16.8. The average Bonchev–Trinajstić information content (AvgIpc) is 3.06. The van der Waals surface area contributed by atoms with E-state index in [0.29, 0.717) is 5.56 Å². The number of fused-ring (bicyclic) bond motifs is 1. The topological polar surface area (TPSA) is 63.2 Å². The Morgan fingerprint density at radius 3 is 2.54 bits per heavy atom. The van der Waals surface area contributed by atoms with E-state index in [4.69, 9.17) is 30.1 Å². The highest BCUT2D eigenvalue weighted by molar-refractivity contribution is 5.89. The third kappa shape index (κ3) is 3.17. The zero-order valence-electron chi connectivity index (χ0n) is 13.8. The Morgan fingerprint density at radius 2 is 1.92 bits per heavy atom. The van der Waals surface area contributed by atoms with Gasteiger partial charge in [-0.25, -0.2) is 4.79 Å². The molecule has 2 heterocycles. The van der Waals surface area contributed by atoms with Gasteiger partial charge in [0, 0.05) is 7.11 Å². The lowest BCUT2D eigenvalue weighted by atomic mass is 10.1. The number of rotatable bonds is 4. The molecule has 2 aliphatic rings. The van der Waals surface area contributed by atoms with Gasteiger partial charge >= 0.3 is 5.97 Å². The largest absolute Gasteiger partial charge is 0.443 e. The number of benzene rings is 1. The van der Waals surface area contributed by atoms with E-state index in [1.807, 2.05) is 6.07 Å². The SMILES string of the molecule is C#C[C@@H](OC(=O)c1ccccc1)[C@H]1O[C@@H](OC)[C@@H]2OC(C)(C)O[C@@H]21. The van der Waals surface area contributed by atoms with E-state index in [1.165, 1.54) is 7.11 Å². The normalized spacial score (nSPS) is 31.9. The Bertz CT molecular complexity index is 635. The van der Waals surface area contributed by atoms with Crippen LogP contribution in [0.1, 0.15) is 24.2 Å². The molecule has 0 N–H and O–H groups in total. The minimum atomic E-state index is -0.914. The van der Waals surface area contributed by atoms with Crippen molar-refractivity contribution >= 4 is 5.97 Å². The summed E-state index contributed by atoms with van der Waals surface area (Å²) in [4.78, 5) is 12.3. The first kappa shape index (κ1) is 16.9. The van der Waals surface area contributed by atoms with Crippen LogP contribution in [0.25, 0.3) is 0 Å². The molecule has 3 rings (SSSR count). The molecular formula is C18H20O6. The van der Waals surface area contributed by atoms with E-state index in [0.717, 1.165) is 0 Å². The fourth-order valence-electron chi connectivity index (χ4n) is 2.98. The summed E-state index contributed by atoms with van der Waals surface area (Å²) in [6.45, 7) is 3.60. The van der Waals surface area contributed by atoms with Crippen molar-refractivity contribution in [1.82, 2.24) is 0 Å². The minimum absolute atomic E-state index is 0.416. The van der Waals surface area contributed by atoms with Gasteiger partial charge in [-0.05, 0) is 26.0 Å². The van der Waals surface area contributed by atoms with Gasteiger partial charge in [-0.1, -0.05) is 24.1 Å². The van der Waals surface area contributed by atoms with E-state index < -0.39 is 42.5 Å². The zero-order chi connectivity index (χ0) is 17.3. The Hall–Kier alpha value is -1.91. The van der Waals surface area contributed by atoms with Gasteiger partial charge in [0.2, 0.25) is 0 Å². The van der Waals surface area contributed by atoms with Gasteiger partial charge in [0.05, 0.1) is 5.56 Å². The van der Waals surface area contributed by atoms with E-state index in [-0.39, 0.29) is 0 Å². The first-order valence-electron chi connectivity index (χ1n) is 7.71. The summed E-state index contributed by atoms with van der Waals surface area (Å²) in [5, 5.41) is 0. The highest BCUT2D eigenvalue weighted by Gasteiger charge is 2.58. The zero-order valence-corrected chi connectivity index (χ0v) is 13.8. The van der Waals surface area contributed by atoms with Crippen molar-refractivity contribution in [3.63, 3.8) is 0 Å². The lowest BCUT2D eigenvalue weighted by Gasteiger charge is -2.26. The van der Waals surface area contributed by atoms with Crippen LogP contribution in [0.4, 0.5) is 0 Å². The predicted octanol–water partition coefficient (Wildman–Crippen LogP) is 1.74. The molecule has 24 heavy (non-hydrogen) atoms. The molecule has 2 aliphatic heterocycles. The monoisotopic (exact) mass is 332 g/mol. The molecule has 5 atom stereocenters. The van der Waals surface area contributed by atoms with Crippen LogP contribution in [0, 0.1) is 12.3 Å². The van der Waals surface area contributed by atoms with Crippen LogP contribution in [0.3, 0.4) is 0 Å². The van der Waals surface area contributed by atoms with E-state index in [1.54, 1.807) is 38.1 Å². The van der Waals surface area contributed by atoms with Crippen LogP contribution in [-0.4, -0.2) is 49.6 Å². The first-order chi connectivity index (χ1) is 11.4. The van der Waals surface area contributed by atoms with Crippen molar-refractivity contribution in [1.29, 1.82) is 0 Å². The second-order valence-electron chi connectivity index (χ2n) is 6.13. The summed E-state index contributed by atoms with van der Waals surface area (Å²) in [7, 11) is 1.51. The Balaban J connectivity index is 1.76. The number of hydrogen-bond acceptors (Lipinski definition) is 6. The maximum absolute atomic E-state index is 12.3. The van der Waals surface area contributed by atoms with Gasteiger partial charge in [0.1, 0.15) is 18.3 Å². The number of carbonyl (C=O) groups excluding carboxylic acids is 1. The molecule has 0 saturated carbocycles. The van der Waals surface area contributed by atoms with Gasteiger partial charge in [0.25, 0.3) is 0 Å². The summed E-state index contributed by atoms with van der Waals surface area (Å²) in [5.74, 6) is 1.17. The molecule has 2 fully saturated rings. The molecule has 0 radical (unpaired) electrons. The summed E-state index contributed by atoms with van der Waals surface area (Å²) < 4.78 is 28.2. The maximum Gasteiger partial charge on any atom is 0.339 e. The van der Waals surface area contributed by atoms with Crippen LogP contribution >= 0.6 is 0 Å². The van der Waals surface area contributed by atoms with E-state index >= 15 is 0 Å². The molecule has 0 aromatic heterocycles. The number of ether oxygens (including phenoxy) is 5. The molecule has 2 saturated heterocycles. The molecule has 0 aliphatic carbocycles. The lowest BCUT2D eigenvalue weighted by Crippen LogP contribution is -2.40. The van der Waals surface area contributed by atoms with Crippen LogP contribution in [0.5, 0.6) is 0 Å². The maximum atomic E-state index is 12.3. The van der Waals surface area contributed by atoms with E-state index in [9.17, 15) is 4.79 Å². The van der Waals surface area contributed by atoms with Crippen LogP contribution in [-0.2, 0) is 23.7 Å². The number of terminal acetylenes is 1. The number of carbonyl (C=O) groups is 1. The molecule has 1 aromatic carbocycles. The van der Waals surface area contributed by atoms with Gasteiger partial charge in [-0.2, -0.15) is 0 Å². The molecular weight excluding hydrogens is 312 g/mol. The minimum Gasteiger partial charge on any atom is -0.443 e. The standard InChI is InChI=1S/C18H20O6/c1-5-12(21-16(19)11-9-7-6-8-10-11)13-14-15(17(20-4)22-13)24-18(2,3)23-14/h1,6-10,12-15,17H,2-4H3/t12-,13-,14-,15-,17-/m1/s1. The van der Waals surface area contributed by atoms with Crippen LogP contribution in [0.15, 0.2) is 30.3 Å². The second kappa shape index (κ2) is 6.54. The Kier molecular flexibility index (Phi) is 4.61. The fourth-order valence-corrected chi connectivity index (χ4v) is 2.98. The van der Waals surface area contributed by atoms with Gasteiger partial charge in [0.15, 0.2) is 18.2 Å². The number of methoxy groups -OCH3 is 1. The highest BCUT2D eigenvalue weighted by Crippen LogP contribution is 2.40. The average molecular weight is 332 g/mol. The third-order valence-corrected chi connectivity index (χ3v) is 3.99. The smallest absolute Gasteiger partial charge is 0.339 e. The quantitative estimate of drug-likeness (QED) is 0.618. The summed E-state index contributed by atoms with van der Waals surface area (Å²) in [6.07, 6.45) is 2.45.